The Morgan fingerprint density at radius 3 is 2.69 bits per heavy atom. The average molecular weight is 237 g/mol. The van der Waals surface area contributed by atoms with Gasteiger partial charge in [0, 0.05) is 5.88 Å². The smallest absolute Gasteiger partial charge is 0.0280 e. The second kappa shape index (κ2) is 4.79. The van der Waals surface area contributed by atoms with Crippen LogP contribution in [0, 0.1) is 5.41 Å². The van der Waals surface area contributed by atoms with E-state index in [9.17, 15) is 0 Å². The Morgan fingerprint density at radius 2 is 2.00 bits per heavy atom. The molecule has 1 heteroatoms. The van der Waals surface area contributed by atoms with Crippen molar-refractivity contribution in [2.45, 2.75) is 46.0 Å². The summed E-state index contributed by atoms with van der Waals surface area (Å²) in [7, 11) is 0. The first-order valence-corrected chi connectivity index (χ1v) is 6.87. The highest BCUT2D eigenvalue weighted by Crippen LogP contribution is 2.30. The largest absolute Gasteiger partial charge is 0.126 e. The van der Waals surface area contributed by atoms with Crippen molar-refractivity contribution >= 4 is 11.6 Å². The standard InChI is InChI=1S/C15H21Cl/c1-3-15(2,11-16)10-12-7-8-13-5-4-6-14(13)9-12/h7-9H,3-6,10-11H2,1-2H3. The quantitative estimate of drug-likeness (QED) is 0.681. The lowest BCUT2D eigenvalue weighted by Gasteiger charge is -2.25. The Kier molecular flexibility index (Phi) is 3.59. The maximum Gasteiger partial charge on any atom is 0.0280 e. The van der Waals surface area contributed by atoms with Gasteiger partial charge in [0.25, 0.3) is 0 Å². The monoisotopic (exact) mass is 236 g/mol. The van der Waals surface area contributed by atoms with Crippen LogP contribution in [-0.4, -0.2) is 5.88 Å². The highest BCUT2D eigenvalue weighted by Gasteiger charge is 2.22. The molecule has 1 aliphatic carbocycles. The molecule has 0 saturated heterocycles. The van der Waals surface area contributed by atoms with Crippen molar-refractivity contribution in [1.82, 2.24) is 0 Å². The molecule has 1 unspecified atom stereocenters. The van der Waals surface area contributed by atoms with Crippen molar-refractivity contribution in [3.8, 4) is 0 Å². The summed E-state index contributed by atoms with van der Waals surface area (Å²) in [6.07, 6.45) is 6.14. The van der Waals surface area contributed by atoms with E-state index in [-0.39, 0.29) is 5.41 Å². The Hall–Kier alpha value is -0.490. The van der Waals surface area contributed by atoms with Crippen LogP contribution in [0.15, 0.2) is 18.2 Å². The Balaban J connectivity index is 2.16. The molecule has 1 atom stereocenters. The molecule has 0 amide bonds. The number of aryl methyl sites for hydroxylation is 2. The molecule has 1 aromatic carbocycles. The van der Waals surface area contributed by atoms with E-state index in [4.69, 9.17) is 11.6 Å². The molecular weight excluding hydrogens is 216 g/mol. The van der Waals surface area contributed by atoms with Crippen molar-refractivity contribution in [3.63, 3.8) is 0 Å². The third-order valence-electron chi connectivity index (χ3n) is 3.97. The molecule has 1 aliphatic rings. The molecule has 88 valence electrons. The number of alkyl halides is 1. The Labute approximate surface area is 104 Å². The number of hydrogen-bond acceptors (Lipinski definition) is 0. The summed E-state index contributed by atoms with van der Waals surface area (Å²) in [6, 6.07) is 7.02. The number of halogens is 1. The molecule has 0 aromatic heterocycles. The zero-order chi connectivity index (χ0) is 11.6. The Bertz CT molecular complexity index is 364. The highest BCUT2D eigenvalue weighted by atomic mass is 35.5. The van der Waals surface area contributed by atoms with Crippen LogP contribution in [0.5, 0.6) is 0 Å². The summed E-state index contributed by atoms with van der Waals surface area (Å²) in [5, 5.41) is 0. The van der Waals surface area contributed by atoms with Crippen molar-refractivity contribution in [1.29, 1.82) is 0 Å². The summed E-state index contributed by atoms with van der Waals surface area (Å²) in [5.74, 6) is 0.751. The fourth-order valence-corrected chi connectivity index (χ4v) is 2.78. The lowest BCUT2D eigenvalue weighted by molar-refractivity contribution is 0.355. The van der Waals surface area contributed by atoms with E-state index in [0.29, 0.717) is 0 Å². The van der Waals surface area contributed by atoms with Crippen LogP contribution >= 0.6 is 11.6 Å². The topological polar surface area (TPSA) is 0 Å². The molecule has 2 rings (SSSR count). The maximum atomic E-state index is 6.08. The summed E-state index contributed by atoms with van der Waals surface area (Å²) in [4.78, 5) is 0. The molecule has 0 nitrogen and oxygen atoms in total. The highest BCUT2D eigenvalue weighted by molar-refractivity contribution is 6.18. The van der Waals surface area contributed by atoms with Crippen LogP contribution in [0.3, 0.4) is 0 Å². The van der Waals surface area contributed by atoms with E-state index < -0.39 is 0 Å². The van der Waals surface area contributed by atoms with Gasteiger partial charge >= 0.3 is 0 Å². The molecule has 1 aromatic rings. The van der Waals surface area contributed by atoms with E-state index in [0.717, 1.165) is 18.7 Å². The van der Waals surface area contributed by atoms with Gasteiger partial charge in [-0.1, -0.05) is 32.0 Å². The van der Waals surface area contributed by atoms with Gasteiger partial charge in [0.2, 0.25) is 0 Å². The molecule has 0 radical (unpaired) electrons. The van der Waals surface area contributed by atoms with Gasteiger partial charge in [-0.3, -0.25) is 0 Å². The summed E-state index contributed by atoms with van der Waals surface area (Å²) in [5.41, 5.74) is 4.86. The van der Waals surface area contributed by atoms with Gasteiger partial charge in [-0.15, -0.1) is 11.6 Å². The third-order valence-corrected chi connectivity index (χ3v) is 4.62. The second-order valence-electron chi connectivity index (χ2n) is 5.43. The van der Waals surface area contributed by atoms with E-state index in [1.807, 2.05) is 0 Å². The van der Waals surface area contributed by atoms with Crippen molar-refractivity contribution in [2.24, 2.45) is 5.41 Å². The van der Waals surface area contributed by atoms with Crippen LogP contribution in [0.4, 0.5) is 0 Å². The summed E-state index contributed by atoms with van der Waals surface area (Å²) >= 11 is 6.08. The van der Waals surface area contributed by atoms with Crippen molar-refractivity contribution < 1.29 is 0 Å². The summed E-state index contributed by atoms with van der Waals surface area (Å²) < 4.78 is 0. The molecular formula is C15H21Cl. The SMILES string of the molecule is CCC(C)(CCl)Cc1ccc2c(c1)CCC2. The van der Waals surface area contributed by atoms with Gasteiger partial charge in [-0.05, 0) is 54.2 Å². The second-order valence-corrected chi connectivity index (χ2v) is 5.70. The van der Waals surface area contributed by atoms with Crippen LogP contribution in [-0.2, 0) is 19.3 Å². The van der Waals surface area contributed by atoms with Crippen molar-refractivity contribution in [3.05, 3.63) is 34.9 Å². The fourth-order valence-electron chi connectivity index (χ4n) is 2.49. The van der Waals surface area contributed by atoms with Crippen molar-refractivity contribution in [2.75, 3.05) is 5.88 Å². The molecule has 0 aliphatic heterocycles. The maximum absolute atomic E-state index is 6.08. The van der Waals surface area contributed by atoms with E-state index in [2.05, 4.69) is 32.0 Å². The minimum atomic E-state index is 0.258. The zero-order valence-corrected chi connectivity index (χ0v) is 11.1. The predicted octanol–water partition coefficient (Wildman–Crippen LogP) is 4.37. The normalized spacial score (nSPS) is 18.2. The fraction of sp³-hybridized carbons (Fsp3) is 0.600. The Morgan fingerprint density at radius 1 is 1.25 bits per heavy atom. The molecule has 0 fully saturated rings. The number of fused-ring (bicyclic) bond motifs is 1. The predicted molar refractivity (Wildman–Crippen MR) is 71.3 cm³/mol. The lowest BCUT2D eigenvalue weighted by atomic mass is 9.82. The third kappa shape index (κ3) is 2.43. The first-order chi connectivity index (χ1) is 7.67. The van der Waals surface area contributed by atoms with Crippen LogP contribution in [0.2, 0.25) is 0 Å². The number of hydrogen-bond donors (Lipinski definition) is 0. The van der Waals surface area contributed by atoms with Gasteiger partial charge in [0.15, 0.2) is 0 Å². The molecule has 0 spiro atoms. The first-order valence-electron chi connectivity index (χ1n) is 6.33. The summed E-state index contributed by atoms with van der Waals surface area (Å²) in [6.45, 7) is 4.52. The van der Waals surface area contributed by atoms with Gasteiger partial charge in [0.05, 0.1) is 0 Å². The van der Waals surface area contributed by atoms with E-state index in [1.54, 1.807) is 11.1 Å². The molecule has 0 bridgehead atoms. The van der Waals surface area contributed by atoms with Gasteiger partial charge in [-0.2, -0.15) is 0 Å². The lowest BCUT2D eigenvalue weighted by Crippen LogP contribution is -2.20. The van der Waals surface area contributed by atoms with E-state index >= 15 is 0 Å². The number of benzene rings is 1. The molecule has 0 heterocycles. The van der Waals surface area contributed by atoms with Gasteiger partial charge in [0.1, 0.15) is 0 Å². The van der Waals surface area contributed by atoms with Gasteiger partial charge < -0.3 is 0 Å². The molecule has 16 heavy (non-hydrogen) atoms. The minimum absolute atomic E-state index is 0.258. The first kappa shape index (κ1) is 12.0. The van der Waals surface area contributed by atoms with Crippen LogP contribution in [0.1, 0.15) is 43.4 Å². The van der Waals surface area contributed by atoms with E-state index in [1.165, 1.54) is 24.8 Å². The zero-order valence-electron chi connectivity index (χ0n) is 10.4. The molecule has 0 saturated carbocycles. The average Bonchev–Trinajstić information content (AvgIpc) is 2.76. The minimum Gasteiger partial charge on any atom is -0.126 e. The van der Waals surface area contributed by atoms with Gasteiger partial charge in [-0.25, -0.2) is 0 Å². The van der Waals surface area contributed by atoms with Crippen LogP contribution in [0.25, 0.3) is 0 Å². The number of rotatable bonds is 4. The molecule has 0 N–H and O–H groups in total. The van der Waals surface area contributed by atoms with Crippen LogP contribution < -0.4 is 0 Å².